The summed E-state index contributed by atoms with van der Waals surface area (Å²) in [6.07, 6.45) is 4.76. The normalized spacial score (nSPS) is 13.3. The SMILES string of the molecule is N#Cc1cccc(NC(=O)c2nn(-c3ccc(F)cc3)c3c2CCCCC3)c1. The van der Waals surface area contributed by atoms with Crippen LogP contribution in [0, 0.1) is 17.1 Å². The van der Waals surface area contributed by atoms with Crippen LogP contribution >= 0.6 is 0 Å². The van der Waals surface area contributed by atoms with E-state index in [-0.39, 0.29) is 11.7 Å². The lowest BCUT2D eigenvalue weighted by Crippen LogP contribution is -2.15. The van der Waals surface area contributed by atoms with Gasteiger partial charge in [0.25, 0.3) is 5.91 Å². The first-order valence-electron chi connectivity index (χ1n) is 9.34. The van der Waals surface area contributed by atoms with Crippen molar-refractivity contribution in [2.75, 3.05) is 5.32 Å². The fourth-order valence-corrected chi connectivity index (χ4v) is 3.61. The largest absolute Gasteiger partial charge is 0.321 e. The van der Waals surface area contributed by atoms with E-state index >= 15 is 0 Å². The first-order chi connectivity index (χ1) is 13.7. The zero-order valence-electron chi connectivity index (χ0n) is 15.3. The Kier molecular flexibility index (Phi) is 4.90. The average molecular weight is 374 g/mol. The van der Waals surface area contributed by atoms with E-state index in [1.165, 1.54) is 12.1 Å². The van der Waals surface area contributed by atoms with Crippen LogP contribution in [-0.4, -0.2) is 15.7 Å². The van der Waals surface area contributed by atoms with Crippen LogP contribution in [0.15, 0.2) is 48.5 Å². The molecule has 0 radical (unpaired) electrons. The van der Waals surface area contributed by atoms with Crippen LogP contribution in [-0.2, 0) is 12.8 Å². The third-order valence-corrected chi connectivity index (χ3v) is 4.97. The fourth-order valence-electron chi connectivity index (χ4n) is 3.61. The maximum atomic E-state index is 13.3. The van der Waals surface area contributed by atoms with E-state index in [9.17, 15) is 9.18 Å². The van der Waals surface area contributed by atoms with Gasteiger partial charge in [0.2, 0.25) is 0 Å². The predicted octanol–water partition coefficient (Wildman–Crippen LogP) is 4.40. The van der Waals surface area contributed by atoms with Crippen molar-refractivity contribution in [3.8, 4) is 11.8 Å². The zero-order chi connectivity index (χ0) is 19.5. The minimum absolute atomic E-state index is 0.297. The number of nitrogens with one attached hydrogen (secondary N) is 1. The maximum Gasteiger partial charge on any atom is 0.276 e. The van der Waals surface area contributed by atoms with Gasteiger partial charge >= 0.3 is 0 Å². The first kappa shape index (κ1) is 17.9. The van der Waals surface area contributed by atoms with Crippen LogP contribution in [0.5, 0.6) is 0 Å². The Labute approximate surface area is 162 Å². The van der Waals surface area contributed by atoms with E-state index < -0.39 is 0 Å². The highest BCUT2D eigenvalue weighted by Crippen LogP contribution is 2.27. The smallest absolute Gasteiger partial charge is 0.276 e. The molecule has 0 spiro atoms. The number of benzene rings is 2. The lowest BCUT2D eigenvalue weighted by atomic mass is 10.1. The Morgan fingerprint density at radius 1 is 1.11 bits per heavy atom. The summed E-state index contributed by atoms with van der Waals surface area (Å²) in [6.45, 7) is 0. The number of nitriles is 1. The number of hydrogen-bond acceptors (Lipinski definition) is 3. The van der Waals surface area contributed by atoms with Crippen molar-refractivity contribution in [2.45, 2.75) is 32.1 Å². The van der Waals surface area contributed by atoms with Gasteiger partial charge in [0.1, 0.15) is 5.82 Å². The van der Waals surface area contributed by atoms with Gasteiger partial charge in [0.15, 0.2) is 5.69 Å². The number of hydrogen-bond donors (Lipinski definition) is 1. The quantitative estimate of drug-likeness (QED) is 0.691. The summed E-state index contributed by atoms with van der Waals surface area (Å²) in [5.74, 6) is -0.605. The topological polar surface area (TPSA) is 70.7 Å². The van der Waals surface area contributed by atoms with Gasteiger partial charge in [-0.3, -0.25) is 4.79 Å². The Hall–Kier alpha value is -3.46. The molecule has 0 unspecified atom stereocenters. The molecule has 1 aromatic heterocycles. The molecule has 2 aromatic carbocycles. The van der Waals surface area contributed by atoms with Gasteiger partial charge in [0, 0.05) is 16.9 Å². The number of carbonyl (C=O) groups excluding carboxylic acids is 1. The van der Waals surface area contributed by atoms with Gasteiger partial charge < -0.3 is 5.32 Å². The van der Waals surface area contributed by atoms with Crippen LogP contribution in [0.2, 0.25) is 0 Å². The molecule has 1 N–H and O–H groups in total. The molecule has 0 atom stereocenters. The molecule has 5 nitrogen and oxygen atoms in total. The highest BCUT2D eigenvalue weighted by atomic mass is 19.1. The highest BCUT2D eigenvalue weighted by Gasteiger charge is 2.25. The minimum Gasteiger partial charge on any atom is -0.321 e. The van der Waals surface area contributed by atoms with E-state index in [2.05, 4.69) is 16.5 Å². The van der Waals surface area contributed by atoms with Gasteiger partial charge in [-0.25, -0.2) is 9.07 Å². The van der Waals surface area contributed by atoms with Gasteiger partial charge in [-0.1, -0.05) is 12.5 Å². The summed E-state index contributed by atoms with van der Waals surface area (Å²) in [6, 6.07) is 15.0. The number of halogens is 1. The van der Waals surface area contributed by atoms with Crippen molar-refractivity contribution in [3.63, 3.8) is 0 Å². The molecule has 0 saturated carbocycles. The third kappa shape index (κ3) is 3.52. The molecule has 28 heavy (non-hydrogen) atoms. The molecule has 1 aliphatic rings. The van der Waals surface area contributed by atoms with E-state index in [1.807, 2.05) is 0 Å². The zero-order valence-corrected chi connectivity index (χ0v) is 15.3. The van der Waals surface area contributed by atoms with Crippen LogP contribution in [0.4, 0.5) is 10.1 Å². The first-order valence-corrected chi connectivity index (χ1v) is 9.34. The molecule has 3 aromatic rings. The van der Waals surface area contributed by atoms with Gasteiger partial charge in [-0.15, -0.1) is 0 Å². The van der Waals surface area contributed by atoms with Crippen LogP contribution in [0.3, 0.4) is 0 Å². The number of carbonyl (C=O) groups is 1. The third-order valence-electron chi connectivity index (χ3n) is 4.97. The number of aromatic nitrogens is 2. The number of nitrogens with zero attached hydrogens (tertiary/aromatic N) is 3. The monoisotopic (exact) mass is 374 g/mol. The van der Waals surface area contributed by atoms with Gasteiger partial charge in [0.05, 0.1) is 17.3 Å². The molecular formula is C22H19FN4O. The molecule has 1 heterocycles. The minimum atomic E-state index is -0.308. The predicted molar refractivity (Wildman–Crippen MR) is 104 cm³/mol. The van der Waals surface area contributed by atoms with Crippen molar-refractivity contribution >= 4 is 11.6 Å². The second kappa shape index (κ2) is 7.65. The van der Waals surface area contributed by atoms with Gasteiger partial charge in [-0.05, 0) is 68.1 Å². The molecular weight excluding hydrogens is 355 g/mol. The molecule has 1 aliphatic carbocycles. The highest BCUT2D eigenvalue weighted by molar-refractivity contribution is 6.04. The maximum absolute atomic E-state index is 13.3. The van der Waals surface area contributed by atoms with E-state index in [1.54, 1.807) is 41.1 Å². The summed E-state index contributed by atoms with van der Waals surface area (Å²) in [5.41, 5.74) is 4.14. The Morgan fingerprint density at radius 2 is 1.89 bits per heavy atom. The van der Waals surface area contributed by atoms with Crippen molar-refractivity contribution in [1.29, 1.82) is 5.26 Å². The van der Waals surface area contributed by atoms with Crippen LogP contribution in [0.1, 0.15) is 46.6 Å². The van der Waals surface area contributed by atoms with Crippen molar-refractivity contribution in [1.82, 2.24) is 9.78 Å². The van der Waals surface area contributed by atoms with E-state index in [0.29, 0.717) is 16.9 Å². The van der Waals surface area contributed by atoms with Crippen molar-refractivity contribution < 1.29 is 9.18 Å². The lowest BCUT2D eigenvalue weighted by Gasteiger charge is -2.07. The van der Waals surface area contributed by atoms with Crippen molar-refractivity contribution in [3.05, 3.63) is 76.9 Å². The molecule has 0 saturated heterocycles. The Balaban J connectivity index is 1.73. The Bertz CT molecular complexity index is 1060. The lowest BCUT2D eigenvalue weighted by molar-refractivity contribution is 0.102. The van der Waals surface area contributed by atoms with Crippen molar-refractivity contribution in [2.24, 2.45) is 0 Å². The number of anilines is 1. The number of amides is 1. The van der Waals surface area contributed by atoms with E-state index in [0.717, 1.165) is 49.0 Å². The number of fused-ring (bicyclic) bond motifs is 1. The second-order valence-electron chi connectivity index (χ2n) is 6.87. The molecule has 0 aliphatic heterocycles. The summed E-state index contributed by atoms with van der Waals surface area (Å²) in [4.78, 5) is 13.0. The second-order valence-corrected chi connectivity index (χ2v) is 6.87. The molecule has 1 amide bonds. The molecule has 0 fully saturated rings. The fraction of sp³-hybridized carbons (Fsp3) is 0.227. The summed E-state index contributed by atoms with van der Waals surface area (Å²) in [7, 11) is 0. The molecule has 0 bridgehead atoms. The van der Waals surface area contributed by atoms with Crippen LogP contribution < -0.4 is 5.32 Å². The molecule has 6 heteroatoms. The summed E-state index contributed by atoms with van der Waals surface area (Å²) >= 11 is 0. The molecule has 4 rings (SSSR count). The average Bonchev–Trinajstić information content (AvgIpc) is 2.90. The molecule has 140 valence electrons. The van der Waals surface area contributed by atoms with Crippen LogP contribution in [0.25, 0.3) is 5.69 Å². The summed E-state index contributed by atoms with van der Waals surface area (Å²) in [5, 5.41) is 16.5. The Morgan fingerprint density at radius 3 is 2.68 bits per heavy atom. The number of rotatable bonds is 3. The van der Waals surface area contributed by atoms with Gasteiger partial charge in [-0.2, -0.15) is 10.4 Å². The summed E-state index contributed by atoms with van der Waals surface area (Å²) < 4.78 is 15.1. The standard InChI is InChI=1S/C22H19FN4O/c23-16-9-11-18(12-10-16)27-20-8-3-1-2-7-19(20)21(26-27)22(28)25-17-6-4-5-15(13-17)14-24/h4-6,9-13H,1-3,7-8H2,(H,25,28). The van der Waals surface area contributed by atoms with E-state index in [4.69, 9.17) is 5.26 Å².